The van der Waals surface area contributed by atoms with E-state index in [-0.39, 0.29) is 42.5 Å². The first kappa shape index (κ1) is 17.0. The van der Waals surface area contributed by atoms with Gasteiger partial charge in [-0.1, -0.05) is 31.1 Å². The number of aryl methyl sites for hydroxylation is 1. The number of imide groups is 1. The van der Waals surface area contributed by atoms with Crippen LogP contribution in [0.3, 0.4) is 0 Å². The van der Waals surface area contributed by atoms with Gasteiger partial charge in [0, 0.05) is 19.4 Å². The molecule has 1 aliphatic heterocycles. The Balaban J connectivity index is 1.52. The van der Waals surface area contributed by atoms with Gasteiger partial charge in [-0.3, -0.25) is 19.3 Å². The molecule has 1 saturated carbocycles. The summed E-state index contributed by atoms with van der Waals surface area (Å²) in [6.07, 6.45) is 5.51. The van der Waals surface area contributed by atoms with Crippen LogP contribution in [0.15, 0.2) is 0 Å². The van der Waals surface area contributed by atoms with Crippen LogP contribution in [0.25, 0.3) is 0 Å². The molecule has 1 aromatic heterocycles. The van der Waals surface area contributed by atoms with E-state index in [4.69, 9.17) is 0 Å². The van der Waals surface area contributed by atoms with Gasteiger partial charge in [0.15, 0.2) is 0 Å². The first-order valence-corrected chi connectivity index (χ1v) is 9.39. The summed E-state index contributed by atoms with van der Waals surface area (Å²) in [5.74, 6) is -0.759. The van der Waals surface area contributed by atoms with Crippen LogP contribution in [0, 0.1) is 11.8 Å². The Hall–Kier alpha value is -1.83. The number of amides is 3. The molecule has 130 valence electrons. The average molecular weight is 350 g/mol. The van der Waals surface area contributed by atoms with Crippen molar-refractivity contribution in [2.24, 2.45) is 11.8 Å². The normalized spacial score (nSPS) is 23.5. The van der Waals surface area contributed by atoms with Gasteiger partial charge in [-0.2, -0.15) is 0 Å². The molecule has 24 heavy (non-hydrogen) atoms. The summed E-state index contributed by atoms with van der Waals surface area (Å²) in [5, 5.41) is 12.0. The van der Waals surface area contributed by atoms with E-state index in [0.717, 1.165) is 43.5 Å². The zero-order valence-corrected chi connectivity index (χ0v) is 14.6. The molecule has 2 heterocycles. The highest BCUT2D eigenvalue weighted by Gasteiger charge is 2.47. The molecule has 0 bridgehead atoms. The van der Waals surface area contributed by atoms with E-state index in [9.17, 15) is 14.4 Å². The summed E-state index contributed by atoms with van der Waals surface area (Å²) in [7, 11) is 0. The fourth-order valence-corrected chi connectivity index (χ4v) is 4.32. The van der Waals surface area contributed by atoms with Crippen molar-refractivity contribution in [1.29, 1.82) is 0 Å². The predicted octanol–water partition coefficient (Wildman–Crippen LogP) is 1.99. The quantitative estimate of drug-likeness (QED) is 0.792. The van der Waals surface area contributed by atoms with Gasteiger partial charge in [0.1, 0.15) is 5.01 Å². The number of carbonyl (C=O) groups is 3. The molecule has 1 saturated heterocycles. The van der Waals surface area contributed by atoms with Crippen LogP contribution in [0.4, 0.5) is 5.13 Å². The molecular weight excluding hydrogens is 328 g/mol. The summed E-state index contributed by atoms with van der Waals surface area (Å²) in [4.78, 5) is 38.0. The van der Waals surface area contributed by atoms with Gasteiger partial charge in [0.25, 0.3) is 0 Å². The third-order valence-electron chi connectivity index (χ3n) is 4.67. The highest BCUT2D eigenvalue weighted by Crippen LogP contribution is 2.37. The summed E-state index contributed by atoms with van der Waals surface area (Å²) in [6, 6.07) is 0. The van der Waals surface area contributed by atoms with Crippen molar-refractivity contribution in [1.82, 2.24) is 15.1 Å². The number of nitrogens with zero attached hydrogens (tertiary/aromatic N) is 3. The van der Waals surface area contributed by atoms with Crippen LogP contribution < -0.4 is 5.32 Å². The minimum Gasteiger partial charge on any atom is -0.300 e. The van der Waals surface area contributed by atoms with Crippen molar-refractivity contribution >= 4 is 34.2 Å². The maximum Gasteiger partial charge on any atom is 0.233 e. The number of hydrogen-bond donors (Lipinski definition) is 1. The van der Waals surface area contributed by atoms with E-state index < -0.39 is 0 Å². The van der Waals surface area contributed by atoms with E-state index >= 15 is 0 Å². The fraction of sp³-hybridized carbons (Fsp3) is 0.688. The van der Waals surface area contributed by atoms with Crippen LogP contribution in [0.2, 0.25) is 0 Å². The van der Waals surface area contributed by atoms with E-state index in [1.54, 1.807) is 0 Å². The van der Waals surface area contributed by atoms with Crippen LogP contribution in [0.1, 0.15) is 50.5 Å². The van der Waals surface area contributed by atoms with Gasteiger partial charge in [-0.25, -0.2) is 0 Å². The molecule has 0 unspecified atom stereocenters. The number of hydrogen-bond acceptors (Lipinski definition) is 6. The van der Waals surface area contributed by atoms with Crippen LogP contribution in [0.5, 0.6) is 0 Å². The molecule has 2 fully saturated rings. The molecule has 2 aliphatic rings. The number of anilines is 1. The van der Waals surface area contributed by atoms with Crippen molar-refractivity contribution in [3.8, 4) is 0 Å². The third kappa shape index (κ3) is 3.48. The summed E-state index contributed by atoms with van der Waals surface area (Å²) >= 11 is 1.36. The minimum atomic E-state index is -0.246. The average Bonchev–Trinajstić information content (AvgIpc) is 3.10. The third-order valence-corrected chi connectivity index (χ3v) is 5.57. The lowest BCUT2D eigenvalue weighted by molar-refractivity contribution is -0.140. The fourth-order valence-electron chi connectivity index (χ4n) is 3.47. The second kappa shape index (κ2) is 7.38. The molecule has 1 aliphatic carbocycles. The minimum absolute atomic E-state index is 0.0968. The molecule has 0 radical (unpaired) electrons. The number of rotatable bonds is 6. The zero-order chi connectivity index (χ0) is 17.1. The molecule has 8 heteroatoms. The Morgan fingerprint density at radius 3 is 2.50 bits per heavy atom. The van der Waals surface area contributed by atoms with Gasteiger partial charge in [0.05, 0.1) is 11.8 Å². The van der Waals surface area contributed by atoms with Crippen molar-refractivity contribution in [3.63, 3.8) is 0 Å². The second-order valence-corrected chi connectivity index (χ2v) is 7.44. The summed E-state index contributed by atoms with van der Waals surface area (Å²) < 4.78 is 0. The Bertz CT molecular complexity index is 621. The lowest BCUT2D eigenvalue weighted by Gasteiger charge is -2.19. The molecule has 7 nitrogen and oxygen atoms in total. The number of aromatic nitrogens is 2. The molecule has 3 amide bonds. The Labute approximate surface area is 144 Å². The zero-order valence-electron chi connectivity index (χ0n) is 13.8. The van der Waals surface area contributed by atoms with E-state index in [0.29, 0.717) is 5.13 Å². The Morgan fingerprint density at radius 2 is 1.88 bits per heavy atom. The number of carbonyl (C=O) groups excluding carboxylic acids is 3. The van der Waals surface area contributed by atoms with Gasteiger partial charge in [-0.15, -0.1) is 10.2 Å². The molecular formula is C16H22N4O3S. The van der Waals surface area contributed by atoms with Crippen LogP contribution in [-0.4, -0.2) is 39.4 Å². The number of nitrogens with one attached hydrogen (secondary N) is 1. The van der Waals surface area contributed by atoms with Gasteiger partial charge in [0.2, 0.25) is 22.9 Å². The highest BCUT2D eigenvalue weighted by atomic mass is 32.1. The van der Waals surface area contributed by atoms with Crippen molar-refractivity contribution in [2.45, 2.75) is 51.9 Å². The predicted molar refractivity (Wildman–Crippen MR) is 89.3 cm³/mol. The highest BCUT2D eigenvalue weighted by molar-refractivity contribution is 7.15. The summed E-state index contributed by atoms with van der Waals surface area (Å²) in [6.45, 7) is 2.21. The van der Waals surface area contributed by atoms with E-state index in [1.165, 1.54) is 16.2 Å². The second-order valence-electron chi connectivity index (χ2n) is 6.37. The first-order chi connectivity index (χ1) is 11.6. The van der Waals surface area contributed by atoms with Crippen molar-refractivity contribution in [2.75, 3.05) is 11.9 Å². The lowest BCUT2D eigenvalue weighted by Crippen LogP contribution is -2.34. The summed E-state index contributed by atoms with van der Waals surface area (Å²) in [5.41, 5.74) is 0. The van der Waals surface area contributed by atoms with Gasteiger partial charge >= 0.3 is 0 Å². The molecule has 0 spiro atoms. The molecule has 1 aromatic rings. The smallest absolute Gasteiger partial charge is 0.233 e. The van der Waals surface area contributed by atoms with Gasteiger partial charge < -0.3 is 5.32 Å². The molecule has 3 rings (SSSR count). The number of likely N-dealkylation sites (tertiary alicyclic amines) is 1. The van der Waals surface area contributed by atoms with Crippen molar-refractivity contribution in [3.05, 3.63) is 5.01 Å². The topological polar surface area (TPSA) is 92.3 Å². The van der Waals surface area contributed by atoms with E-state index in [2.05, 4.69) is 22.4 Å². The molecule has 1 N–H and O–H groups in total. The molecule has 2 atom stereocenters. The van der Waals surface area contributed by atoms with E-state index in [1.807, 2.05) is 0 Å². The SMILES string of the molecule is CCCc1nnc(NC(=O)CCN2C(=O)[C@H]3CCCC[C@H]3C2=O)s1. The van der Waals surface area contributed by atoms with Crippen LogP contribution in [-0.2, 0) is 20.8 Å². The Morgan fingerprint density at radius 1 is 1.21 bits per heavy atom. The largest absolute Gasteiger partial charge is 0.300 e. The number of fused-ring (bicyclic) bond motifs is 1. The Kier molecular flexibility index (Phi) is 5.23. The lowest BCUT2D eigenvalue weighted by atomic mass is 9.81. The van der Waals surface area contributed by atoms with Crippen LogP contribution >= 0.6 is 11.3 Å². The maximum absolute atomic E-state index is 12.3. The van der Waals surface area contributed by atoms with Gasteiger partial charge in [-0.05, 0) is 19.3 Å². The van der Waals surface area contributed by atoms with Crippen molar-refractivity contribution < 1.29 is 14.4 Å². The monoisotopic (exact) mass is 350 g/mol. The standard InChI is InChI=1S/C16H22N4O3S/c1-2-5-13-18-19-16(24-13)17-12(21)8-9-20-14(22)10-6-3-4-7-11(10)15(20)23/h10-11H,2-9H2,1H3,(H,17,19,21)/t10-,11+. The first-order valence-electron chi connectivity index (χ1n) is 8.57. The maximum atomic E-state index is 12.3. The molecule has 0 aromatic carbocycles.